The lowest BCUT2D eigenvalue weighted by atomic mass is 10.1. The Morgan fingerprint density at radius 3 is 2.82 bits per heavy atom. The number of anilines is 2. The Morgan fingerprint density at radius 1 is 1.12 bits per heavy atom. The lowest BCUT2D eigenvalue weighted by molar-refractivity contribution is -0.113. The number of carbonyl (C=O) groups excluding carboxylic acids is 2. The Balaban J connectivity index is 1.36. The van der Waals surface area contributed by atoms with E-state index in [9.17, 15) is 14.4 Å². The third kappa shape index (κ3) is 5.60. The summed E-state index contributed by atoms with van der Waals surface area (Å²) in [5, 5.41) is 7.41. The second kappa shape index (κ2) is 10.3. The second-order valence-electron chi connectivity index (χ2n) is 6.91. The first-order chi connectivity index (χ1) is 16.0. The van der Waals surface area contributed by atoms with E-state index >= 15 is 0 Å². The number of rotatable bonds is 8. The summed E-state index contributed by atoms with van der Waals surface area (Å²) < 4.78 is 6.66. The fourth-order valence-electron chi connectivity index (χ4n) is 3.09. The molecule has 33 heavy (non-hydrogen) atoms. The van der Waals surface area contributed by atoms with E-state index in [4.69, 9.17) is 4.74 Å². The van der Waals surface area contributed by atoms with Gasteiger partial charge in [-0.25, -0.2) is 4.98 Å². The number of thioether (sulfide) groups is 1. The smallest absolute Gasteiger partial charge is 0.258 e. The standard InChI is InChI=1S/C23H20N4O4S2/c1-31-17-6-4-5-15(11-17)24-22(30)18-7-2-3-8-19(18)26-20(28)14-32-13-16-12-21(29)27-9-10-33-23(27)25-16/h2-12H,13-14H2,1H3,(H,24,30)(H,26,28). The van der Waals surface area contributed by atoms with Crippen molar-refractivity contribution >= 4 is 51.2 Å². The van der Waals surface area contributed by atoms with Crippen molar-refractivity contribution in [3.8, 4) is 5.75 Å². The van der Waals surface area contributed by atoms with Gasteiger partial charge in [-0.3, -0.25) is 18.8 Å². The molecule has 0 unspecified atom stereocenters. The zero-order chi connectivity index (χ0) is 23.2. The largest absolute Gasteiger partial charge is 0.497 e. The van der Waals surface area contributed by atoms with Gasteiger partial charge < -0.3 is 15.4 Å². The van der Waals surface area contributed by atoms with Gasteiger partial charge in [-0.2, -0.15) is 0 Å². The van der Waals surface area contributed by atoms with Gasteiger partial charge in [0.25, 0.3) is 11.5 Å². The molecule has 2 N–H and O–H groups in total. The molecule has 0 radical (unpaired) electrons. The van der Waals surface area contributed by atoms with Crippen LogP contribution in [0.2, 0.25) is 0 Å². The predicted octanol–water partition coefficient (Wildman–Crippen LogP) is 3.89. The number of aromatic nitrogens is 2. The van der Waals surface area contributed by atoms with Crippen molar-refractivity contribution in [2.24, 2.45) is 0 Å². The molecular formula is C23H20N4O4S2. The first-order valence-electron chi connectivity index (χ1n) is 9.91. The number of thiazole rings is 1. The number of methoxy groups -OCH3 is 1. The molecule has 0 aliphatic rings. The molecule has 4 aromatic rings. The van der Waals surface area contributed by atoms with E-state index in [1.54, 1.807) is 67.2 Å². The quantitative estimate of drug-likeness (QED) is 0.397. The summed E-state index contributed by atoms with van der Waals surface area (Å²) in [5.41, 5.74) is 1.83. The molecule has 8 nitrogen and oxygen atoms in total. The maximum atomic E-state index is 12.8. The molecule has 0 aliphatic heterocycles. The minimum absolute atomic E-state index is 0.141. The van der Waals surface area contributed by atoms with E-state index in [1.807, 2.05) is 0 Å². The zero-order valence-electron chi connectivity index (χ0n) is 17.6. The Morgan fingerprint density at radius 2 is 1.97 bits per heavy atom. The summed E-state index contributed by atoms with van der Waals surface area (Å²) in [6.07, 6.45) is 1.68. The monoisotopic (exact) mass is 480 g/mol. The van der Waals surface area contributed by atoms with E-state index in [0.717, 1.165) is 0 Å². The normalized spacial score (nSPS) is 10.7. The fourth-order valence-corrected chi connectivity index (χ4v) is 4.54. The van der Waals surface area contributed by atoms with Crippen LogP contribution in [0.4, 0.5) is 11.4 Å². The van der Waals surface area contributed by atoms with Gasteiger partial charge in [0.15, 0.2) is 4.96 Å². The van der Waals surface area contributed by atoms with Crippen LogP contribution in [0, 0.1) is 0 Å². The third-order valence-electron chi connectivity index (χ3n) is 4.61. The SMILES string of the molecule is COc1cccc(NC(=O)c2ccccc2NC(=O)CSCc2cc(=O)n3ccsc3n2)c1. The molecule has 0 saturated heterocycles. The van der Waals surface area contributed by atoms with Gasteiger partial charge in [-0.1, -0.05) is 18.2 Å². The predicted molar refractivity (Wildman–Crippen MR) is 132 cm³/mol. The van der Waals surface area contributed by atoms with Crippen molar-refractivity contribution < 1.29 is 14.3 Å². The minimum Gasteiger partial charge on any atom is -0.497 e. The number of hydrogen-bond donors (Lipinski definition) is 2. The molecule has 0 fully saturated rings. The van der Waals surface area contributed by atoms with Crippen molar-refractivity contribution in [1.29, 1.82) is 0 Å². The molecule has 0 aliphatic carbocycles. The molecule has 0 bridgehead atoms. The molecule has 0 saturated carbocycles. The molecule has 2 amide bonds. The van der Waals surface area contributed by atoms with E-state index in [0.29, 0.717) is 39.1 Å². The first-order valence-corrected chi connectivity index (χ1v) is 11.9. The van der Waals surface area contributed by atoms with Crippen molar-refractivity contribution in [2.45, 2.75) is 5.75 Å². The highest BCUT2D eigenvalue weighted by molar-refractivity contribution is 7.99. The minimum atomic E-state index is -0.347. The molecule has 0 atom stereocenters. The number of ether oxygens (including phenoxy) is 1. The molecule has 0 spiro atoms. The number of fused-ring (bicyclic) bond motifs is 1. The lowest BCUT2D eigenvalue weighted by Crippen LogP contribution is -2.19. The van der Waals surface area contributed by atoms with Crippen molar-refractivity contribution in [3.05, 3.63) is 87.8 Å². The summed E-state index contributed by atoms with van der Waals surface area (Å²) in [5.74, 6) is 0.602. The molecule has 2 aromatic carbocycles. The van der Waals surface area contributed by atoms with E-state index < -0.39 is 0 Å². The summed E-state index contributed by atoms with van der Waals surface area (Å²) in [6.45, 7) is 0. The Hall–Kier alpha value is -3.63. The van der Waals surface area contributed by atoms with Crippen molar-refractivity contribution in [1.82, 2.24) is 9.38 Å². The van der Waals surface area contributed by atoms with Crippen LogP contribution < -0.4 is 20.9 Å². The average molecular weight is 481 g/mol. The number of para-hydroxylation sites is 1. The number of nitrogens with zero attached hydrogens (tertiary/aromatic N) is 2. The number of nitrogens with one attached hydrogen (secondary N) is 2. The van der Waals surface area contributed by atoms with Crippen LogP contribution in [0.5, 0.6) is 5.75 Å². The van der Waals surface area contributed by atoms with Gasteiger partial charge in [0.2, 0.25) is 5.91 Å². The fraction of sp³-hybridized carbons (Fsp3) is 0.130. The number of hydrogen-bond acceptors (Lipinski definition) is 7. The highest BCUT2D eigenvalue weighted by Gasteiger charge is 2.14. The van der Waals surface area contributed by atoms with E-state index in [1.165, 1.54) is 33.6 Å². The maximum absolute atomic E-state index is 12.8. The van der Waals surface area contributed by atoms with Crippen LogP contribution in [0.3, 0.4) is 0 Å². The zero-order valence-corrected chi connectivity index (χ0v) is 19.2. The lowest BCUT2D eigenvalue weighted by Gasteiger charge is -2.12. The van der Waals surface area contributed by atoms with Crippen LogP contribution in [-0.4, -0.2) is 34.1 Å². The molecule has 10 heteroatoms. The third-order valence-corrected chi connectivity index (χ3v) is 6.34. The highest BCUT2D eigenvalue weighted by atomic mass is 32.2. The average Bonchev–Trinajstić information content (AvgIpc) is 3.29. The topological polar surface area (TPSA) is 102 Å². The Kier molecular flexibility index (Phi) is 7.06. The number of benzene rings is 2. The van der Waals surface area contributed by atoms with Crippen LogP contribution in [0.25, 0.3) is 4.96 Å². The van der Waals surface area contributed by atoms with Gasteiger partial charge >= 0.3 is 0 Å². The Labute approximate surface area is 197 Å². The van der Waals surface area contributed by atoms with Crippen LogP contribution >= 0.6 is 23.1 Å². The van der Waals surface area contributed by atoms with Gasteiger partial charge in [0.1, 0.15) is 5.75 Å². The van der Waals surface area contributed by atoms with Crippen LogP contribution in [0.15, 0.2) is 71.0 Å². The number of amides is 2. The van der Waals surface area contributed by atoms with Crippen LogP contribution in [0.1, 0.15) is 16.1 Å². The van der Waals surface area contributed by atoms with Crippen LogP contribution in [-0.2, 0) is 10.5 Å². The van der Waals surface area contributed by atoms with Gasteiger partial charge in [-0.05, 0) is 24.3 Å². The van der Waals surface area contributed by atoms with E-state index in [2.05, 4.69) is 15.6 Å². The van der Waals surface area contributed by atoms with E-state index in [-0.39, 0.29) is 23.1 Å². The molecule has 4 rings (SSSR count). The van der Waals surface area contributed by atoms with Gasteiger partial charge in [0, 0.05) is 35.1 Å². The van der Waals surface area contributed by atoms with Crippen molar-refractivity contribution in [3.63, 3.8) is 0 Å². The summed E-state index contributed by atoms with van der Waals surface area (Å²) in [7, 11) is 1.55. The van der Waals surface area contributed by atoms with Gasteiger partial charge in [-0.15, -0.1) is 23.1 Å². The molecule has 2 heterocycles. The first kappa shape index (κ1) is 22.6. The Bertz CT molecular complexity index is 1370. The van der Waals surface area contributed by atoms with Crippen molar-refractivity contribution in [2.75, 3.05) is 23.5 Å². The summed E-state index contributed by atoms with van der Waals surface area (Å²) in [4.78, 5) is 42.4. The highest BCUT2D eigenvalue weighted by Crippen LogP contribution is 2.21. The molecule has 2 aromatic heterocycles. The molecule has 168 valence electrons. The number of carbonyl (C=O) groups is 2. The summed E-state index contributed by atoms with van der Waals surface area (Å²) >= 11 is 2.72. The second-order valence-corrected chi connectivity index (χ2v) is 8.77. The maximum Gasteiger partial charge on any atom is 0.258 e. The van der Waals surface area contributed by atoms with Gasteiger partial charge in [0.05, 0.1) is 29.8 Å². The summed E-state index contributed by atoms with van der Waals surface area (Å²) in [6, 6.07) is 15.3. The molecular weight excluding hydrogens is 460 g/mol.